The maximum atomic E-state index is 11.8. The number of benzene rings is 1. The first-order valence-electron chi connectivity index (χ1n) is 5.81. The molecule has 0 atom stereocenters. The quantitative estimate of drug-likeness (QED) is 0.835. The molecule has 0 bridgehead atoms. The van der Waals surface area contributed by atoms with Crippen LogP contribution in [0.5, 0.6) is 0 Å². The number of carboxylic acids is 1. The summed E-state index contributed by atoms with van der Waals surface area (Å²) in [6, 6.07) is 8.95. The SMILES string of the molecule is CC(C)N(CC(=O)O)C(=O)NCc1ccccc1. The molecule has 1 aromatic rings. The van der Waals surface area contributed by atoms with Gasteiger partial charge in [-0.3, -0.25) is 4.79 Å². The number of hydrogen-bond acceptors (Lipinski definition) is 2. The Labute approximate surface area is 106 Å². The highest BCUT2D eigenvalue weighted by Crippen LogP contribution is 2.01. The predicted molar refractivity (Wildman–Crippen MR) is 68.2 cm³/mol. The summed E-state index contributed by atoms with van der Waals surface area (Å²) in [7, 11) is 0. The Morgan fingerprint density at radius 3 is 2.39 bits per heavy atom. The van der Waals surface area contributed by atoms with Crippen molar-refractivity contribution in [2.24, 2.45) is 0 Å². The number of hydrogen-bond donors (Lipinski definition) is 2. The van der Waals surface area contributed by atoms with Crippen LogP contribution in [0.15, 0.2) is 30.3 Å². The van der Waals surface area contributed by atoms with E-state index < -0.39 is 5.97 Å². The number of aliphatic carboxylic acids is 1. The first-order chi connectivity index (χ1) is 8.50. The molecule has 0 saturated heterocycles. The van der Waals surface area contributed by atoms with Crippen molar-refractivity contribution < 1.29 is 14.7 Å². The Kier molecular flexibility index (Phi) is 5.17. The molecule has 0 spiro atoms. The molecule has 2 N–H and O–H groups in total. The minimum Gasteiger partial charge on any atom is -0.480 e. The van der Waals surface area contributed by atoms with Crippen LogP contribution in [0, 0.1) is 0 Å². The number of nitrogens with zero attached hydrogens (tertiary/aromatic N) is 1. The van der Waals surface area contributed by atoms with Gasteiger partial charge in [0.25, 0.3) is 0 Å². The monoisotopic (exact) mass is 250 g/mol. The van der Waals surface area contributed by atoms with Crippen LogP contribution >= 0.6 is 0 Å². The van der Waals surface area contributed by atoms with Crippen molar-refractivity contribution in [1.82, 2.24) is 10.2 Å². The lowest BCUT2D eigenvalue weighted by atomic mass is 10.2. The zero-order valence-electron chi connectivity index (χ0n) is 10.6. The van der Waals surface area contributed by atoms with Gasteiger partial charge in [-0.05, 0) is 19.4 Å². The van der Waals surface area contributed by atoms with Crippen LogP contribution in [-0.2, 0) is 11.3 Å². The zero-order chi connectivity index (χ0) is 13.5. The average Bonchev–Trinajstić information content (AvgIpc) is 2.34. The molecule has 0 heterocycles. The molecule has 18 heavy (non-hydrogen) atoms. The van der Waals surface area contributed by atoms with Crippen LogP contribution in [0.25, 0.3) is 0 Å². The molecule has 0 unspecified atom stereocenters. The standard InChI is InChI=1S/C13H18N2O3/c1-10(2)15(9-12(16)17)13(18)14-8-11-6-4-3-5-7-11/h3-7,10H,8-9H2,1-2H3,(H,14,18)(H,16,17). The molecule has 0 aliphatic heterocycles. The molecule has 0 aliphatic rings. The van der Waals surface area contributed by atoms with Gasteiger partial charge in [-0.2, -0.15) is 0 Å². The lowest BCUT2D eigenvalue weighted by Crippen LogP contribution is -2.46. The second-order valence-corrected chi connectivity index (χ2v) is 4.26. The predicted octanol–water partition coefficient (Wildman–Crippen LogP) is 1.69. The first-order valence-corrected chi connectivity index (χ1v) is 5.81. The lowest BCUT2D eigenvalue weighted by molar-refractivity contribution is -0.138. The van der Waals surface area contributed by atoms with Crippen LogP contribution in [0.1, 0.15) is 19.4 Å². The molecule has 5 nitrogen and oxygen atoms in total. The van der Waals surface area contributed by atoms with E-state index >= 15 is 0 Å². The van der Waals surface area contributed by atoms with E-state index in [1.807, 2.05) is 30.3 Å². The van der Waals surface area contributed by atoms with Gasteiger partial charge in [-0.1, -0.05) is 30.3 Å². The third-order valence-corrected chi connectivity index (χ3v) is 2.48. The number of nitrogens with one attached hydrogen (secondary N) is 1. The fraction of sp³-hybridized carbons (Fsp3) is 0.385. The highest BCUT2D eigenvalue weighted by Gasteiger charge is 2.19. The van der Waals surface area contributed by atoms with Gasteiger partial charge >= 0.3 is 12.0 Å². The first kappa shape index (κ1) is 14.0. The Morgan fingerprint density at radius 2 is 1.89 bits per heavy atom. The number of amides is 2. The second kappa shape index (κ2) is 6.64. The minimum atomic E-state index is -1.02. The van der Waals surface area contributed by atoms with Crippen molar-refractivity contribution >= 4 is 12.0 Å². The molecule has 0 fully saturated rings. The highest BCUT2D eigenvalue weighted by atomic mass is 16.4. The Morgan fingerprint density at radius 1 is 1.28 bits per heavy atom. The summed E-state index contributed by atoms with van der Waals surface area (Å²) >= 11 is 0. The van der Waals surface area contributed by atoms with E-state index in [4.69, 9.17) is 5.11 Å². The van der Waals surface area contributed by atoms with Crippen molar-refractivity contribution in [3.8, 4) is 0 Å². The molecule has 0 aliphatic carbocycles. The molecule has 0 saturated carbocycles. The van der Waals surface area contributed by atoms with Crippen molar-refractivity contribution in [2.75, 3.05) is 6.54 Å². The van der Waals surface area contributed by atoms with Gasteiger partial charge in [0.1, 0.15) is 6.54 Å². The summed E-state index contributed by atoms with van der Waals surface area (Å²) in [5.74, 6) is -1.02. The van der Waals surface area contributed by atoms with Crippen LogP contribution in [0.3, 0.4) is 0 Å². The van der Waals surface area contributed by atoms with Crippen LogP contribution < -0.4 is 5.32 Å². The summed E-state index contributed by atoms with van der Waals surface area (Å²) < 4.78 is 0. The molecule has 0 radical (unpaired) electrons. The number of carbonyl (C=O) groups excluding carboxylic acids is 1. The lowest BCUT2D eigenvalue weighted by Gasteiger charge is -2.25. The molecule has 2 amide bonds. The maximum Gasteiger partial charge on any atom is 0.323 e. The molecular formula is C13H18N2O3. The maximum absolute atomic E-state index is 11.8. The number of carbonyl (C=O) groups is 2. The smallest absolute Gasteiger partial charge is 0.323 e. The second-order valence-electron chi connectivity index (χ2n) is 4.26. The van der Waals surface area contributed by atoms with Gasteiger partial charge in [0.15, 0.2) is 0 Å². The van der Waals surface area contributed by atoms with E-state index in [9.17, 15) is 9.59 Å². The Bertz CT molecular complexity index is 404. The summed E-state index contributed by atoms with van der Waals surface area (Å²) in [6.07, 6.45) is 0. The number of carboxylic acid groups (broad SMARTS) is 1. The summed E-state index contributed by atoms with van der Waals surface area (Å²) in [6.45, 7) is 3.66. The average molecular weight is 250 g/mol. The van der Waals surface area contributed by atoms with Crippen molar-refractivity contribution in [3.63, 3.8) is 0 Å². The highest BCUT2D eigenvalue weighted by molar-refractivity contribution is 5.80. The number of rotatable bonds is 5. The fourth-order valence-electron chi connectivity index (χ4n) is 1.51. The third kappa shape index (κ3) is 4.45. The van der Waals surface area contributed by atoms with Gasteiger partial charge < -0.3 is 15.3 Å². The normalized spacial score (nSPS) is 10.2. The summed E-state index contributed by atoms with van der Waals surface area (Å²) in [5, 5.41) is 11.5. The fourth-order valence-corrected chi connectivity index (χ4v) is 1.51. The number of urea groups is 1. The summed E-state index contributed by atoms with van der Waals surface area (Å²) in [5.41, 5.74) is 0.977. The topological polar surface area (TPSA) is 69.6 Å². The van der Waals surface area contributed by atoms with Gasteiger partial charge in [-0.15, -0.1) is 0 Å². The van der Waals surface area contributed by atoms with Crippen LogP contribution in [0.2, 0.25) is 0 Å². The van der Waals surface area contributed by atoms with Gasteiger partial charge in [-0.25, -0.2) is 4.79 Å². The Balaban J connectivity index is 2.54. The van der Waals surface area contributed by atoms with Crippen molar-refractivity contribution in [3.05, 3.63) is 35.9 Å². The van der Waals surface area contributed by atoms with Gasteiger partial charge in [0.2, 0.25) is 0 Å². The largest absolute Gasteiger partial charge is 0.480 e. The zero-order valence-corrected chi connectivity index (χ0v) is 10.6. The third-order valence-electron chi connectivity index (χ3n) is 2.48. The van der Waals surface area contributed by atoms with E-state index in [0.717, 1.165) is 5.56 Å². The van der Waals surface area contributed by atoms with Crippen LogP contribution in [0.4, 0.5) is 4.79 Å². The Hall–Kier alpha value is -2.04. The van der Waals surface area contributed by atoms with E-state index in [-0.39, 0.29) is 18.6 Å². The molecule has 1 rings (SSSR count). The van der Waals surface area contributed by atoms with E-state index in [1.165, 1.54) is 4.90 Å². The summed E-state index contributed by atoms with van der Waals surface area (Å²) in [4.78, 5) is 23.8. The molecule has 0 aromatic heterocycles. The molecular weight excluding hydrogens is 232 g/mol. The van der Waals surface area contributed by atoms with E-state index in [0.29, 0.717) is 6.54 Å². The van der Waals surface area contributed by atoms with Crippen molar-refractivity contribution in [1.29, 1.82) is 0 Å². The molecule has 5 heteroatoms. The van der Waals surface area contributed by atoms with E-state index in [2.05, 4.69) is 5.32 Å². The molecule has 98 valence electrons. The van der Waals surface area contributed by atoms with Gasteiger partial charge in [0, 0.05) is 12.6 Å². The van der Waals surface area contributed by atoms with E-state index in [1.54, 1.807) is 13.8 Å². The minimum absolute atomic E-state index is 0.156. The van der Waals surface area contributed by atoms with Crippen molar-refractivity contribution in [2.45, 2.75) is 26.4 Å². The molecule has 1 aromatic carbocycles. The van der Waals surface area contributed by atoms with Crippen LogP contribution in [-0.4, -0.2) is 34.6 Å². The van der Waals surface area contributed by atoms with Gasteiger partial charge in [0.05, 0.1) is 0 Å².